The standard InChI is InChI=1S/C71H82N2/c1-6-56(58-22-11-8-12-23-58)30-20-52-72(68-43-37-66(38-44-68)67-28-18-17-21-54(3)53-67)71(5)50-19-29-61(49-51-71)63-35-33-62(34-36-63)57(7-2)32-31-55(4)73(69-45-39-64(40-46-69)59-24-13-9-14-25-59)70-47-41-65(42-48-70)60-26-15-10-16-27-60/h6,8-9,11-14,20-25,28,30,33-37,39-48,55,57,60-61,66H,7,10,15-16,19,26-27,29,31-32,38,49-53H2,1-5H3/b30-20-,56-6+. The van der Waals surface area contributed by atoms with Crippen LogP contribution in [0.15, 0.2) is 199 Å². The fraction of sp³-hybridized carbons (Fsp3) is 0.380. The smallest absolute Gasteiger partial charge is 0.0413 e. The van der Waals surface area contributed by atoms with Crippen LogP contribution in [0.25, 0.3) is 16.7 Å². The third kappa shape index (κ3) is 13.1. The Kier molecular flexibility index (Phi) is 17.7. The molecule has 73 heavy (non-hydrogen) atoms. The van der Waals surface area contributed by atoms with E-state index in [1.54, 1.807) is 0 Å². The first-order valence-electron chi connectivity index (χ1n) is 28.3. The molecule has 2 saturated carbocycles. The summed E-state index contributed by atoms with van der Waals surface area (Å²) in [5.41, 5.74) is 16.4. The molecule has 0 aromatic heterocycles. The molecule has 0 spiro atoms. The van der Waals surface area contributed by atoms with Crippen LogP contribution in [0.2, 0.25) is 0 Å². The van der Waals surface area contributed by atoms with E-state index >= 15 is 0 Å². The van der Waals surface area contributed by atoms with Crippen LogP contribution in [0, 0.1) is 17.8 Å². The topological polar surface area (TPSA) is 6.48 Å². The lowest BCUT2D eigenvalue weighted by Gasteiger charge is -2.44. The fourth-order valence-electron chi connectivity index (χ4n) is 12.7. The summed E-state index contributed by atoms with van der Waals surface area (Å²) in [6.45, 7) is 12.6. The maximum Gasteiger partial charge on any atom is 0.0413 e. The minimum atomic E-state index is 0.0521. The van der Waals surface area contributed by atoms with E-state index in [0.29, 0.717) is 29.7 Å². The third-order valence-corrected chi connectivity index (χ3v) is 17.2. The Labute approximate surface area is 441 Å². The van der Waals surface area contributed by atoms with Gasteiger partial charge in [0.05, 0.1) is 0 Å². The number of rotatable bonds is 18. The number of nitrogens with zero attached hydrogens (tertiary/aromatic N) is 2. The molecule has 2 fully saturated rings. The SMILES string of the molecule is C/C=C(\C=C/CN(C1=CCC(C2=CC#CC=C(C)C2)C=C1)C1(C)CCCC(c2ccc(C(CC)CCC(C)N(c3ccc(-c4ccccc4)cc3)c3ccc(C4CCCCC4)cc3)cc2)CC1)c1ccccc1. The Morgan fingerprint density at radius 2 is 1.33 bits per heavy atom. The van der Waals surface area contributed by atoms with Crippen molar-refractivity contribution in [1.29, 1.82) is 0 Å². The molecule has 0 amide bonds. The monoisotopic (exact) mass is 963 g/mol. The van der Waals surface area contributed by atoms with Crippen LogP contribution in [0.4, 0.5) is 11.4 Å². The normalized spacial score (nSPS) is 21.4. The van der Waals surface area contributed by atoms with Gasteiger partial charge in [-0.2, -0.15) is 0 Å². The molecule has 4 aliphatic rings. The zero-order chi connectivity index (χ0) is 50.4. The second kappa shape index (κ2) is 25.1. The summed E-state index contributed by atoms with van der Waals surface area (Å²) in [4.78, 5) is 5.37. The first-order chi connectivity index (χ1) is 35.8. The summed E-state index contributed by atoms with van der Waals surface area (Å²) >= 11 is 0. The second-order valence-corrected chi connectivity index (χ2v) is 22.2. The number of anilines is 2. The van der Waals surface area contributed by atoms with Crippen molar-refractivity contribution in [2.75, 3.05) is 11.4 Å². The molecule has 4 aliphatic carbocycles. The number of hydrogen-bond acceptors (Lipinski definition) is 2. The van der Waals surface area contributed by atoms with Crippen molar-refractivity contribution in [3.8, 4) is 23.0 Å². The van der Waals surface area contributed by atoms with E-state index in [1.165, 1.54) is 131 Å². The van der Waals surface area contributed by atoms with Crippen LogP contribution in [-0.4, -0.2) is 23.0 Å². The van der Waals surface area contributed by atoms with Gasteiger partial charge in [-0.1, -0.05) is 195 Å². The van der Waals surface area contributed by atoms with Gasteiger partial charge in [0.15, 0.2) is 0 Å². The Balaban J connectivity index is 0.875. The maximum atomic E-state index is 3.28. The molecular formula is C71H82N2. The van der Waals surface area contributed by atoms with Crippen LogP contribution in [0.3, 0.4) is 0 Å². The molecule has 2 heteroatoms. The van der Waals surface area contributed by atoms with Crippen LogP contribution in [0.1, 0.15) is 171 Å². The molecule has 0 N–H and O–H groups in total. The zero-order valence-electron chi connectivity index (χ0n) is 44.9. The number of benzene rings is 5. The van der Waals surface area contributed by atoms with Gasteiger partial charge < -0.3 is 9.80 Å². The molecule has 0 saturated heterocycles. The summed E-state index contributed by atoms with van der Waals surface area (Å²) in [6.07, 6.45) is 36.9. The van der Waals surface area contributed by atoms with Crippen molar-refractivity contribution >= 4 is 16.9 Å². The van der Waals surface area contributed by atoms with Gasteiger partial charge >= 0.3 is 0 Å². The van der Waals surface area contributed by atoms with Gasteiger partial charge in [-0.3, -0.25) is 0 Å². The highest BCUT2D eigenvalue weighted by Gasteiger charge is 2.36. The van der Waals surface area contributed by atoms with Gasteiger partial charge in [0.2, 0.25) is 0 Å². The van der Waals surface area contributed by atoms with Gasteiger partial charge in [-0.05, 0) is 198 Å². The van der Waals surface area contributed by atoms with Crippen molar-refractivity contribution in [3.63, 3.8) is 0 Å². The molecule has 5 atom stereocenters. The quantitative estimate of drug-likeness (QED) is 0.0490. The lowest BCUT2D eigenvalue weighted by molar-refractivity contribution is 0.144. The highest BCUT2D eigenvalue weighted by Crippen LogP contribution is 2.43. The van der Waals surface area contributed by atoms with Crippen LogP contribution in [-0.2, 0) is 0 Å². The van der Waals surface area contributed by atoms with E-state index in [-0.39, 0.29) is 5.54 Å². The van der Waals surface area contributed by atoms with Crippen molar-refractivity contribution in [2.45, 2.75) is 160 Å². The molecular weight excluding hydrogens is 881 g/mol. The lowest BCUT2D eigenvalue weighted by atomic mass is 9.84. The lowest BCUT2D eigenvalue weighted by Crippen LogP contribution is -2.45. The van der Waals surface area contributed by atoms with E-state index in [2.05, 4.69) is 238 Å². The van der Waals surface area contributed by atoms with Crippen molar-refractivity contribution < 1.29 is 0 Å². The Morgan fingerprint density at radius 3 is 2.00 bits per heavy atom. The zero-order valence-corrected chi connectivity index (χ0v) is 44.9. The van der Waals surface area contributed by atoms with Gasteiger partial charge in [0.1, 0.15) is 0 Å². The maximum absolute atomic E-state index is 3.28. The van der Waals surface area contributed by atoms with E-state index in [1.807, 2.05) is 0 Å². The summed E-state index contributed by atoms with van der Waals surface area (Å²) in [7, 11) is 0. The van der Waals surface area contributed by atoms with Crippen LogP contribution in [0.5, 0.6) is 0 Å². The first-order valence-corrected chi connectivity index (χ1v) is 28.3. The Morgan fingerprint density at radius 1 is 0.699 bits per heavy atom. The van der Waals surface area contributed by atoms with Gasteiger partial charge in [0.25, 0.3) is 0 Å². The van der Waals surface area contributed by atoms with Crippen molar-refractivity contribution in [2.24, 2.45) is 5.92 Å². The van der Waals surface area contributed by atoms with Gasteiger partial charge in [-0.15, -0.1) is 0 Å². The molecule has 0 aliphatic heterocycles. The average molecular weight is 963 g/mol. The highest BCUT2D eigenvalue weighted by molar-refractivity contribution is 5.74. The third-order valence-electron chi connectivity index (χ3n) is 17.2. The summed E-state index contributed by atoms with van der Waals surface area (Å²) in [6, 6.07) is 50.9. The fourth-order valence-corrected chi connectivity index (χ4v) is 12.7. The summed E-state index contributed by atoms with van der Waals surface area (Å²) in [5, 5.41) is 0. The molecule has 0 bridgehead atoms. The van der Waals surface area contributed by atoms with Crippen molar-refractivity contribution in [3.05, 3.63) is 221 Å². The highest BCUT2D eigenvalue weighted by atomic mass is 15.2. The molecule has 0 radical (unpaired) electrons. The molecule has 5 aromatic carbocycles. The predicted molar refractivity (Wildman–Crippen MR) is 314 cm³/mol. The minimum absolute atomic E-state index is 0.0521. The molecule has 5 unspecified atom stereocenters. The molecule has 9 rings (SSSR count). The van der Waals surface area contributed by atoms with Gasteiger partial charge in [-0.25, -0.2) is 0 Å². The van der Waals surface area contributed by atoms with Crippen molar-refractivity contribution in [1.82, 2.24) is 4.90 Å². The summed E-state index contributed by atoms with van der Waals surface area (Å²) in [5.74, 6) is 8.70. The minimum Gasteiger partial charge on any atom is -0.363 e. The number of hydrogen-bond donors (Lipinski definition) is 0. The molecule has 376 valence electrons. The molecule has 0 heterocycles. The van der Waals surface area contributed by atoms with E-state index < -0.39 is 0 Å². The first kappa shape index (κ1) is 51.6. The Bertz CT molecular complexity index is 2800. The van der Waals surface area contributed by atoms with E-state index in [4.69, 9.17) is 0 Å². The van der Waals surface area contributed by atoms with E-state index in [0.717, 1.165) is 38.6 Å². The predicted octanol–water partition coefficient (Wildman–Crippen LogP) is 19.4. The van der Waals surface area contributed by atoms with Crippen LogP contribution >= 0.6 is 0 Å². The Hall–Kier alpha value is -6.30. The van der Waals surface area contributed by atoms with Crippen LogP contribution < -0.4 is 4.90 Å². The summed E-state index contributed by atoms with van der Waals surface area (Å²) < 4.78 is 0. The van der Waals surface area contributed by atoms with E-state index in [9.17, 15) is 0 Å². The second-order valence-electron chi connectivity index (χ2n) is 22.2. The number of allylic oxidation sites excluding steroid dienone is 10. The largest absolute Gasteiger partial charge is 0.363 e. The van der Waals surface area contributed by atoms with Gasteiger partial charge in [0, 0.05) is 41.1 Å². The average Bonchev–Trinajstić information content (AvgIpc) is 3.80. The molecule has 2 nitrogen and oxygen atoms in total. The molecule has 5 aromatic rings.